The molecule has 0 saturated heterocycles. The Labute approximate surface area is 131 Å². The van der Waals surface area contributed by atoms with Crippen LogP contribution in [-0.2, 0) is 17.6 Å². The second kappa shape index (κ2) is 6.32. The highest BCUT2D eigenvalue weighted by Crippen LogP contribution is 2.25. The van der Waals surface area contributed by atoms with E-state index in [4.69, 9.17) is 0 Å². The summed E-state index contributed by atoms with van der Waals surface area (Å²) in [7, 11) is 0. The number of amides is 1. The summed E-state index contributed by atoms with van der Waals surface area (Å²) in [4.78, 5) is 11.2. The molecule has 1 amide bonds. The molecule has 3 nitrogen and oxygen atoms in total. The first kappa shape index (κ1) is 14.8. The average molecular weight is 294 g/mol. The third-order valence-corrected chi connectivity index (χ3v) is 4.24. The van der Waals surface area contributed by atoms with Gasteiger partial charge in [-0.2, -0.15) is 0 Å². The molecule has 1 aliphatic carbocycles. The Bertz CT molecular complexity index is 656. The Kier molecular flexibility index (Phi) is 4.25. The molecule has 0 bridgehead atoms. The van der Waals surface area contributed by atoms with Gasteiger partial charge < -0.3 is 10.6 Å². The first-order valence-electron chi connectivity index (χ1n) is 7.82. The number of anilines is 1. The van der Waals surface area contributed by atoms with Crippen molar-refractivity contribution >= 4 is 11.6 Å². The Hall–Kier alpha value is -2.13. The van der Waals surface area contributed by atoms with Crippen LogP contribution < -0.4 is 10.6 Å². The molecule has 1 aliphatic rings. The maximum Gasteiger partial charge on any atom is 0.221 e. The molecule has 1 atom stereocenters. The van der Waals surface area contributed by atoms with Gasteiger partial charge in [-0.05, 0) is 48.6 Å². The van der Waals surface area contributed by atoms with Crippen LogP contribution in [0.25, 0.3) is 0 Å². The topological polar surface area (TPSA) is 41.1 Å². The number of fused-ring (bicyclic) bond motifs is 1. The summed E-state index contributed by atoms with van der Waals surface area (Å²) in [5, 5.41) is 6.55. The number of nitrogens with one attached hydrogen (secondary N) is 2. The van der Waals surface area contributed by atoms with Gasteiger partial charge in [0.1, 0.15) is 0 Å². The summed E-state index contributed by atoms with van der Waals surface area (Å²) in [6, 6.07) is 17.5. The van der Waals surface area contributed by atoms with Gasteiger partial charge in [-0.3, -0.25) is 4.79 Å². The van der Waals surface area contributed by atoms with Crippen LogP contribution in [-0.4, -0.2) is 11.9 Å². The van der Waals surface area contributed by atoms with E-state index < -0.39 is 0 Å². The SMILES string of the molecule is CC(=O)Nc1cccc(C(C)NC2Cc3ccccc3C2)c1. The maximum atomic E-state index is 11.2. The van der Waals surface area contributed by atoms with Crippen LogP contribution in [0.3, 0.4) is 0 Å². The second-order valence-electron chi connectivity index (χ2n) is 6.07. The van der Waals surface area contributed by atoms with Crippen molar-refractivity contribution in [3.63, 3.8) is 0 Å². The fraction of sp³-hybridized carbons (Fsp3) is 0.316. The fourth-order valence-electron chi connectivity index (χ4n) is 3.22. The smallest absolute Gasteiger partial charge is 0.221 e. The average Bonchev–Trinajstić information content (AvgIpc) is 2.89. The minimum Gasteiger partial charge on any atom is -0.326 e. The summed E-state index contributed by atoms with van der Waals surface area (Å²) in [5.41, 5.74) is 4.97. The Morgan fingerprint density at radius 2 is 1.77 bits per heavy atom. The van der Waals surface area contributed by atoms with E-state index in [2.05, 4.69) is 47.9 Å². The van der Waals surface area contributed by atoms with Gasteiger partial charge >= 0.3 is 0 Å². The highest BCUT2D eigenvalue weighted by molar-refractivity contribution is 5.88. The molecule has 1 unspecified atom stereocenters. The lowest BCUT2D eigenvalue weighted by Crippen LogP contribution is -2.32. The first-order valence-corrected chi connectivity index (χ1v) is 7.82. The molecule has 3 rings (SSSR count). The van der Waals surface area contributed by atoms with Crippen molar-refractivity contribution in [1.29, 1.82) is 0 Å². The van der Waals surface area contributed by atoms with Crippen LogP contribution >= 0.6 is 0 Å². The van der Waals surface area contributed by atoms with Crippen molar-refractivity contribution in [3.05, 3.63) is 65.2 Å². The number of hydrogen-bond donors (Lipinski definition) is 2. The normalized spacial score (nSPS) is 15.4. The van der Waals surface area contributed by atoms with E-state index in [1.54, 1.807) is 0 Å². The number of hydrogen-bond acceptors (Lipinski definition) is 2. The Balaban J connectivity index is 1.66. The predicted octanol–water partition coefficient (Wildman–Crippen LogP) is 3.46. The molecule has 0 aliphatic heterocycles. The van der Waals surface area contributed by atoms with Crippen LogP contribution in [0.1, 0.15) is 36.6 Å². The van der Waals surface area contributed by atoms with Crippen LogP contribution in [0.15, 0.2) is 48.5 Å². The van der Waals surface area contributed by atoms with E-state index in [0.29, 0.717) is 6.04 Å². The quantitative estimate of drug-likeness (QED) is 0.906. The van der Waals surface area contributed by atoms with Crippen molar-refractivity contribution < 1.29 is 4.79 Å². The number of carbonyl (C=O) groups is 1. The largest absolute Gasteiger partial charge is 0.326 e. The van der Waals surface area contributed by atoms with Crippen molar-refractivity contribution in [3.8, 4) is 0 Å². The molecule has 0 radical (unpaired) electrons. The minimum atomic E-state index is -0.0380. The first-order chi connectivity index (χ1) is 10.6. The second-order valence-corrected chi connectivity index (χ2v) is 6.07. The lowest BCUT2D eigenvalue weighted by molar-refractivity contribution is -0.114. The summed E-state index contributed by atoms with van der Waals surface area (Å²) in [6.07, 6.45) is 2.18. The molecule has 2 aromatic rings. The summed E-state index contributed by atoms with van der Waals surface area (Å²) < 4.78 is 0. The highest BCUT2D eigenvalue weighted by atomic mass is 16.1. The zero-order chi connectivity index (χ0) is 15.5. The zero-order valence-corrected chi connectivity index (χ0v) is 13.1. The standard InChI is InChI=1S/C19H22N2O/c1-13(15-8-5-9-18(10-15)21-14(2)22)20-19-11-16-6-3-4-7-17(16)12-19/h3-10,13,19-20H,11-12H2,1-2H3,(H,21,22). The third-order valence-electron chi connectivity index (χ3n) is 4.24. The molecule has 0 spiro atoms. The lowest BCUT2D eigenvalue weighted by Gasteiger charge is -2.20. The lowest BCUT2D eigenvalue weighted by atomic mass is 10.1. The Morgan fingerprint density at radius 3 is 2.41 bits per heavy atom. The Morgan fingerprint density at radius 1 is 1.09 bits per heavy atom. The van der Waals surface area contributed by atoms with E-state index >= 15 is 0 Å². The number of benzene rings is 2. The molecule has 0 aromatic heterocycles. The summed E-state index contributed by atoms with van der Waals surface area (Å²) in [6.45, 7) is 3.71. The van der Waals surface area contributed by atoms with Crippen LogP contribution in [0, 0.1) is 0 Å². The fourth-order valence-corrected chi connectivity index (χ4v) is 3.22. The number of carbonyl (C=O) groups excluding carboxylic acids is 1. The van der Waals surface area contributed by atoms with Crippen LogP contribution in [0.4, 0.5) is 5.69 Å². The predicted molar refractivity (Wildman–Crippen MR) is 89.9 cm³/mol. The van der Waals surface area contributed by atoms with E-state index in [1.807, 2.05) is 18.2 Å². The molecule has 2 N–H and O–H groups in total. The van der Waals surface area contributed by atoms with E-state index in [0.717, 1.165) is 18.5 Å². The number of rotatable bonds is 4. The van der Waals surface area contributed by atoms with Crippen molar-refractivity contribution in [1.82, 2.24) is 5.32 Å². The zero-order valence-electron chi connectivity index (χ0n) is 13.1. The molecule has 114 valence electrons. The van der Waals surface area contributed by atoms with Gasteiger partial charge in [0.05, 0.1) is 0 Å². The van der Waals surface area contributed by atoms with Gasteiger partial charge in [-0.15, -0.1) is 0 Å². The molecule has 2 aromatic carbocycles. The van der Waals surface area contributed by atoms with Crippen molar-refractivity contribution in [2.45, 2.75) is 38.8 Å². The van der Waals surface area contributed by atoms with E-state index in [9.17, 15) is 4.79 Å². The molecular formula is C19H22N2O. The molecule has 0 heterocycles. The molecule has 22 heavy (non-hydrogen) atoms. The van der Waals surface area contributed by atoms with Gasteiger partial charge in [0.25, 0.3) is 0 Å². The highest BCUT2D eigenvalue weighted by Gasteiger charge is 2.22. The van der Waals surface area contributed by atoms with Crippen LogP contribution in [0.5, 0.6) is 0 Å². The third kappa shape index (κ3) is 3.37. The van der Waals surface area contributed by atoms with Gasteiger partial charge in [-0.1, -0.05) is 36.4 Å². The van der Waals surface area contributed by atoms with E-state index in [-0.39, 0.29) is 11.9 Å². The van der Waals surface area contributed by atoms with Crippen molar-refractivity contribution in [2.75, 3.05) is 5.32 Å². The van der Waals surface area contributed by atoms with Gasteiger partial charge in [0.2, 0.25) is 5.91 Å². The maximum absolute atomic E-state index is 11.2. The summed E-state index contributed by atoms with van der Waals surface area (Å²) in [5.74, 6) is -0.0380. The van der Waals surface area contributed by atoms with E-state index in [1.165, 1.54) is 23.6 Å². The van der Waals surface area contributed by atoms with Gasteiger partial charge in [0.15, 0.2) is 0 Å². The molecular weight excluding hydrogens is 272 g/mol. The molecule has 3 heteroatoms. The van der Waals surface area contributed by atoms with Crippen LogP contribution in [0.2, 0.25) is 0 Å². The monoisotopic (exact) mass is 294 g/mol. The van der Waals surface area contributed by atoms with Gasteiger partial charge in [0, 0.05) is 24.7 Å². The van der Waals surface area contributed by atoms with Gasteiger partial charge in [-0.25, -0.2) is 0 Å². The van der Waals surface area contributed by atoms with Crippen molar-refractivity contribution in [2.24, 2.45) is 0 Å². The minimum absolute atomic E-state index is 0.0380. The molecule has 0 saturated carbocycles. The molecule has 0 fully saturated rings. The summed E-state index contributed by atoms with van der Waals surface area (Å²) >= 11 is 0.